The number of aromatic nitrogens is 1. The standard InChI is InChI=1S/C14H15NO/c1-2-3-7-14-12(10-16)9-11-6-4-5-8-13(11)15-14/h4-6,8-10H,2-3,7H2,1H3. The van der Waals surface area contributed by atoms with Crippen molar-refractivity contribution in [1.82, 2.24) is 4.98 Å². The van der Waals surface area contributed by atoms with Gasteiger partial charge < -0.3 is 0 Å². The molecule has 1 heterocycles. The number of carbonyl (C=O) groups is 1. The normalized spacial score (nSPS) is 10.6. The van der Waals surface area contributed by atoms with Crippen molar-refractivity contribution >= 4 is 17.2 Å². The largest absolute Gasteiger partial charge is 0.298 e. The molecule has 82 valence electrons. The van der Waals surface area contributed by atoms with Crippen molar-refractivity contribution < 1.29 is 4.79 Å². The van der Waals surface area contributed by atoms with Crippen LogP contribution >= 0.6 is 0 Å². The third-order valence-corrected chi connectivity index (χ3v) is 2.73. The molecule has 2 nitrogen and oxygen atoms in total. The van der Waals surface area contributed by atoms with Crippen LogP contribution in [0, 0.1) is 0 Å². The van der Waals surface area contributed by atoms with E-state index in [4.69, 9.17) is 0 Å². The first kappa shape index (κ1) is 10.8. The Bertz CT molecular complexity index is 505. The first-order valence-electron chi connectivity index (χ1n) is 5.69. The molecule has 0 fully saturated rings. The summed E-state index contributed by atoms with van der Waals surface area (Å²) in [7, 11) is 0. The number of unbranched alkanes of at least 4 members (excludes halogenated alkanes) is 1. The van der Waals surface area contributed by atoms with Gasteiger partial charge in [0.25, 0.3) is 0 Å². The lowest BCUT2D eigenvalue weighted by Gasteiger charge is -2.05. The topological polar surface area (TPSA) is 30.0 Å². The van der Waals surface area contributed by atoms with Crippen LogP contribution in [0.25, 0.3) is 10.9 Å². The molecule has 1 aromatic heterocycles. The zero-order valence-electron chi connectivity index (χ0n) is 9.44. The van der Waals surface area contributed by atoms with Gasteiger partial charge in [0, 0.05) is 10.9 Å². The average molecular weight is 213 g/mol. The van der Waals surface area contributed by atoms with Crippen LogP contribution in [-0.2, 0) is 6.42 Å². The minimum absolute atomic E-state index is 0.729. The highest BCUT2D eigenvalue weighted by atomic mass is 16.1. The van der Waals surface area contributed by atoms with E-state index in [2.05, 4.69) is 11.9 Å². The first-order valence-corrected chi connectivity index (χ1v) is 5.69. The summed E-state index contributed by atoms with van der Waals surface area (Å²) in [5.74, 6) is 0. The number of hydrogen-bond donors (Lipinski definition) is 0. The van der Waals surface area contributed by atoms with Crippen LogP contribution in [0.1, 0.15) is 35.8 Å². The summed E-state index contributed by atoms with van der Waals surface area (Å²) < 4.78 is 0. The number of rotatable bonds is 4. The number of hydrogen-bond acceptors (Lipinski definition) is 2. The maximum absolute atomic E-state index is 11.0. The Morgan fingerprint density at radius 3 is 2.88 bits per heavy atom. The molecular weight excluding hydrogens is 198 g/mol. The quantitative estimate of drug-likeness (QED) is 0.729. The molecule has 16 heavy (non-hydrogen) atoms. The van der Waals surface area contributed by atoms with Gasteiger partial charge in [0.15, 0.2) is 6.29 Å². The number of aldehydes is 1. The molecule has 0 N–H and O–H groups in total. The van der Waals surface area contributed by atoms with E-state index in [1.54, 1.807) is 0 Å². The maximum atomic E-state index is 11.0. The highest BCUT2D eigenvalue weighted by molar-refractivity contribution is 5.87. The molecule has 1 aromatic carbocycles. The molecule has 2 rings (SSSR count). The Balaban J connectivity index is 2.49. The Morgan fingerprint density at radius 1 is 1.31 bits per heavy atom. The van der Waals surface area contributed by atoms with Crippen molar-refractivity contribution in [3.05, 3.63) is 41.6 Å². The molecule has 2 aromatic rings. The Hall–Kier alpha value is -1.70. The molecule has 0 aliphatic carbocycles. The Morgan fingerprint density at radius 2 is 2.12 bits per heavy atom. The van der Waals surface area contributed by atoms with E-state index in [0.717, 1.165) is 47.7 Å². The SMILES string of the molecule is CCCCc1nc2ccccc2cc1C=O. The minimum atomic E-state index is 0.729. The molecular formula is C14H15NO. The molecule has 0 saturated carbocycles. The second-order valence-electron chi connectivity index (χ2n) is 3.94. The number of para-hydroxylation sites is 1. The van der Waals surface area contributed by atoms with Gasteiger partial charge in [-0.05, 0) is 25.0 Å². The highest BCUT2D eigenvalue weighted by Crippen LogP contribution is 2.16. The first-order chi connectivity index (χ1) is 7.85. The van der Waals surface area contributed by atoms with Gasteiger partial charge in [0.05, 0.1) is 11.2 Å². The van der Waals surface area contributed by atoms with Crippen LogP contribution < -0.4 is 0 Å². The van der Waals surface area contributed by atoms with Gasteiger partial charge in [0.1, 0.15) is 0 Å². The maximum Gasteiger partial charge on any atom is 0.151 e. The van der Waals surface area contributed by atoms with Crippen molar-refractivity contribution in [2.24, 2.45) is 0 Å². The zero-order chi connectivity index (χ0) is 11.4. The number of carbonyl (C=O) groups excluding carboxylic acids is 1. The fourth-order valence-electron chi connectivity index (χ4n) is 1.82. The molecule has 0 saturated heterocycles. The number of pyridine rings is 1. The number of fused-ring (bicyclic) bond motifs is 1. The van der Waals surface area contributed by atoms with Crippen molar-refractivity contribution in [3.8, 4) is 0 Å². The van der Waals surface area contributed by atoms with E-state index in [1.807, 2.05) is 30.3 Å². The van der Waals surface area contributed by atoms with Crippen molar-refractivity contribution in [2.75, 3.05) is 0 Å². The Labute approximate surface area is 95.3 Å². The number of aryl methyl sites for hydroxylation is 1. The van der Waals surface area contributed by atoms with Gasteiger partial charge in [0.2, 0.25) is 0 Å². The average Bonchev–Trinajstić information content (AvgIpc) is 2.35. The lowest BCUT2D eigenvalue weighted by atomic mass is 10.1. The molecule has 0 aliphatic heterocycles. The van der Waals surface area contributed by atoms with Crippen molar-refractivity contribution in [1.29, 1.82) is 0 Å². The van der Waals surface area contributed by atoms with Gasteiger partial charge in [-0.1, -0.05) is 31.5 Å². The smallest absolute Gasteiger partial charge is 0.151 e. The summed E-state index contributed by atoms with van der Waals surface area (Å²) >= 11 is 0. The molecule has 0 bridgehead atoms. The predicted octanol–water partition coefficient (Wildman–Crippen LogP) is 3.39. The zero-order valence-corrected chi connectivity index (χ0v) is 9.44. The molecule has 0 amide bonds. The number of nitrogens with zero attached hydrogens (tertiary/aromatic N) is 1. The molecule has 0 aliphatic rings. The van der Waals surface area contributed by atoms with Crippen molar-refractivity contribution in [3.63, 3.8) is 0 Å². The van der Waals surface area contributed by atoms with Crippen LogP contribution in [0.15, 0.2) is 30.3 Å². The summed E-state index contributed by atoms with van der Waals surface area (Å²) in [6.45, 7) is 2.14. The van der Waals surface area contributed by atoms with Gasteiger partial charge in [-0.25, -0.2) is 0 Å². The van der Waals surface area contributed by atoms with Crippen LogP contribution in [0.2, 0.25) is 0 Å². The van der Waals surface area contributed by atoms with E-state index in [1.165, 1.54) is 0 Å². The monoisotopic (exact) mass is 213 g/mol. The highest BCUT2D eigenvalue weighted by Gasteiger charge is 2.05. The van der Waals surface area contributed by atoms with E-state index in [9.17, 15) is 4.79 Å². The fraction of sp³-hybridized carbons (Fsp3) is 0.286. The summed E-state index contributed by atoms with van der Waals surface area (Å²) in [4.78, 5) is 15.5. The van der Waals surface area contributed by atoms with Gasteiger partial charge in [-0.3, -0.25) is 9.78 Å². The molecule has 0 unspecified atom stereocenters. The molecule has 0 radical (unpaired) electrons. The van der Waals surface area contributed by atoms with E-state index < -0.39 is 0 Å². The predicted molar refractivity (Wildman–Crippen MR) is 65.7 cm³/mol. The summed E-state index contributed by atoms with van der Waals surface area (Å²) in [6.07, 6.45) is 3.98. The van der Waals surface area contributed by atoms with Gasteiger partial charge in [-0.2, -0.15) is 0 Å². The Kier molecular flexibility index (Phi) is 3.30. The van der Waals surface area contributed by atoms with Crippen LogP contribution in [-0.4, -0.2) is 11.3 Å². The van der Waals surface area contributed by atoms with Crippen LogP contribution in [0.5, 0.6) is 0 Å². The van der Waals surface area contributed by atoms with Crippen LogP contribution in [0.4, 0.5) is 0 Å². The summed E-state index contributed by atoms with van der Waals surface area (Å²) in [5.41, 5.74) is 2.63. The molecule has 0 atom stereocenters. The van der Waals surface area contributed by atoms with Crippen molar-refractivity contribution in [2.45, 2.75) is 26.2 Å². The lowest BCUT2D eigenvalue weighted by Crippen LogP contribution is -1.97. The second-order valence-corrected chi connectivity index (χ2v) is 3.94. The van der Waals surface area contributed by atoms with E-state index in [-0.39, 0.29) is 0 Å². The second kappa shape index (κ2) is 4.88. The number of benzene rings is 1. The fourth-order valence-corrected chi connectivity index (χ4v) is 1.82. The van der Waals surface area contributed by atoms with E-state index >= 15 is 0 Å². The lowest BCUT2D eigenvalue weighted by molar-refractivity contribution is 0.112. The minimum Gasteiger partial charge on any atom is -0.298 e. The summed E-state index contributed by atoms with van der Waals surface area (Å²) in [5, 5.41) is 1.03. The van der Waals surface area contributed by atoms with Gasteiger partial charge >= 0.3 is 0 Å². The third-order valence-electron chi connectivity index (χ3n) is 2.73. The van der Waals surface area contributed by atoms with E-state index in [0.29, 0.717) is 0 Å². The molecule has 2 heteroatoms. The van der Waals surface area contributed by atoms with Gasteiger partial charge in [-0.15, -0.1) is 0 Å². The third kappa shape index (κ3) is 2.11. The van der Waals surface area contributed by atoms with Crippen LogP contribution in [0.3, 0.4) is 0 Å². The summed E-state index contributed by atoms with van der Waals surface area (Å²) in [6, 6.07) is 9.84. The molecule has 0 spiro atoms.